The van der Waals surface area contributed by atoms with Gasteiger partial charge in [-0.2, -0.15) is 10.4 Å². The van der Waals surface area contributed by atoms with Crippen LogP contribution in [0.1, 0.15) is 81.8 Å². The number of anilines is 2. The van der Waals surface area contributed by atoms with Crippen molar-refractivity contribution in [2.75, 3.05) is 49.5 Å². The molecular weight excluding hydrogens is 803 g/mol. The molecule has 3 aromatic carbocycles. The summed E-state index contributed by atoms with van der Waals surface area (Å²) in [6.45, 7) is 6.20. The molecule has 2 N–H and O–H groups in total. The van der Waals surface area contributed by atoms with Gasteiger partial charge in [0.25, 0.3) is 0 Å². The second-order valence-corrected chi connectivity index (χ2v) is 17.1. The van der Waals surface area contributed by atoms with Crippen molar-refractivity contribution in [2.24, 2.45) is 7.05 Å². The molecule has 4 fully saturated rings. The van der Waals surface area contributed by atoms with E-state index in [0.717, 1.165) is 75.8 Å². The molecule has 3 aliphatic heterocycles. The lowest BCUT2D eigenvalue weighted by atomic mass is 9.79. The van der Waals surface area contributed by atoms with Crippen LogP contribution in [0.3, 0.4) is 0 Å². The highest BCUT2D eigenvalue weighted by Gasteiger charge is 2.40. The van der Waals surface area contributed by atoms with E-state index in [0.29, 0.717) is 39.7 Å². The molecule has 0 unspecified atom stereocenters. The minimum atomic E-state index is -0.611. The van der Waals surface area contributed by atoms with Crippen molar-refractivity contribution in [1.29, 1.82) is 5.26 Å². The van der Waals surface area contributed by atoms with Crippen molar-refractivity contribution in [3.05, 3.63) is 77.6 Å². The normalized spacial score (nSPS) is 20.4. The maximum Gasteiger partial charge on any atom is 0.329 e. The molecule has 14 nitrogen and oxygen atoms in total. The number of rotatable bonds is 9. The number of likely N-dealkylation sites (tertiary alicyclic amines) is 1. The summed E-state index contributed by atoms with van der Waals surface area (Å²) in [5.74, 6) is -0.298. The van der Waals surface area contributed by atoms with Gasteiger partial charge in [-0.3, -0.25) is 29.7 Å². The average Bonchev–Trinajstić information content (AvgIpc) is 3.86. The van der Waals surface area contributed by atoms with Crippen molar-refractivity contribution in [3.63, 3.8) is 0 Å². The van der Waals surface area contributed by atoms with Crippen LogP contribution < -0.4 is 19.7 Å². The van der Waals surface area contributed by atoms with Gasteiger partial charge in [-0.15, -0.1) is 0 Å². The molecule has 5 aromatic rings. The van der Waals surface area contributed by atoms with Gasteiger partial charge in [-0.05, 0) is 106 Å². The summed E-state index contributed by atoms with van der Waals surface area (Å²) in [7, 11) is 3.72. The van der Waals surface area contributed by atoms with Crippen LogP contribution in [0.15, 0.2) is 54.9 Å². The number of hydrogen-bond acceptors (Lipinski definition) is 12. The number of aromatic nitrogens is 4. The third-order valence-electron chi connectivity index (χ3n) is 12.4. The first-order chi connectivity index (χ1) is 29.5. The lowest BCUT2D eigenvalue weighted by Gasteiger charge is -2.44. The zero-order chi connectivity index (χ0) is 42.7. The minimum Gasteiger partial charge on any atom is -0.453 e. The molecule has 1 aliphatic carbocycles. The zero-order valence-corrected chi connectivity index (χ0v) is 35.4. The fourth-order valence-electron chi connectivity index (χ4n) is 8.92. The standard InChI is InChI=1S/C26H34FN5O3.C18H16FN5OS/c1-30-22-16-19(21(27)15-20(22)24(29-30)32-11-7-23(33)28-25(32)34)17-3-5-18(6-4-17)31-12-9-26(10-13-31)8-2-14-35-26;1-3-24(2)26-23-15-7-5-14(19)18(13(15)11-20)25-12-4-6-16-17(10-12)22-9-8-21-16/h15-18H,2-14H2,1H3,(H,28,33,34);4-10,23H,3H2,1-2H3. The topological polar surface area (TPSA) is 154 Å². The number of hydrogen-bond donors (Lipinski definition) is 2. The number of aryl methyl sites for hydroxylation is 1. The Hall–Kier alpha value is -5.41. The molecular formula is C44H50F2N10O4S. The smallest absolute Gasteiger partial charge is 0.329 e. The molecule has 1 spiro atoms. The van der Waals surface area contributed by atoms with Gasteiger partial charge in [0.05, 0.1) is 27.8 Å². The second kappa shape index (κ2) is 18.3. The van der Waals surface area contributed by atoms with Crippen LogP contribution in [-0.4, -0.2) is 92.4 Å². The number of fused-ring (bicyclic) bond motifs is 2. The largest absolute Gasteiger partial charge is 0.453 e. The summed E-state index contributed by atoms with van der Waals surface area (Å²) in [4.78, 5) is 36.3. The molecule has 3 saturated heterocycles. The number of imide groups is 1. The first-order valence-corrected chi connectivity index (χ1v) is 21.7. The monoisotopic (exact) mass is 852 g/mol. The lowest BCUT2D eigenvalue weighted by Crippen LogP contribution is -2.49. The van der Waals surface area contributed by atoms with Crippen LogP contribution in [-0.2, 0) is 16.6 Å². The predicted octanol–water partition coefficient (Wildman–Crippen LogP) is 8.19. The Morgan fingerprint density at radius 2 is 1.79 bits per heavy atom. The molecule has 5 heterocycles. The van der Waals surface area contributed by atoms with Gasteiger partial charge in [-0.1, -0.05) is 6.92 Å². The summed E-state index contributed by atoms with van der Waals surface area (Å²) in [6, 6.07) is 13.4. The van der Waals surface area contributed by atoms with E-state index in [1.807, 2.05) is 37.5 Å². The van der Waals surface area contributed by atoms with E-state index in [4.69, 9.17) is 9.47 Å². The minimum absolute atomic E-state index is 0.0984. The molecule has 320 valence electrons. The van der Waals surface area contributed by atoms with Crippen molar-refractivity contribution in [2.45, 2.75) is 82.3 Å². The van der Waals surface area contributed by atoms with Crippen molar-refractivity contribution in [3.8, 4) is 17.6 Å². The predicted molar refractivity (Wildman–Crippen MR) is 230 cm³/mol. The Labute approximate surface area is 357 Å². The van der Waals surface area contributed by atoms with Gasteiger partial charge in [0.15, 0.2) is 17.4 Å². The fraction of sp³-hybridized carbons (Fsp3) is 0.455. The van der Waals surface area contributed by atoms with E-state index in [9.17, 15) is 19.2 Å². The van der Waals surface area contributed by atoms with E-state index in [1.54, 1.807) is 35.3 Å². The van der Waals surface area contributed by atoms with Crippen molar-refractivity contribution >= 4 is 57.5 Å². The number of amides is 3. The Morgan fingerprint density at radius 3 is 2.49 bits per heavy atom. The van der Waals surface area contributed by atoms with E-state index in [-0.39, 0.29) is 47.5 Å². The zero-order valence-electron chi connectivity index (χ0n) is 34.6. The van der Waals surface area contributed by atoms with Gasteiger partial charge < -0.3 is 19.1 Å². The fourth-order valence-corrected chi connectivity index (χ4v) is 9.47. The molecule has 0 bridgehead atoms. The van der Waals surface area contributed by atoms with E-state index >= 15 is 4.39 Å². The molecule has 0 atom stereocenters. The average molecular weight is 853 g/mol. The molecule has 17 heteroatoms. The molecule has 1 saturated carbocycles. The second-order valence-electron chi connectivity index (χ2n) is 16.1. The van der Waals surface area contributed by atoms with Crippen LogP contribution in [0.2, 0.25) is 0 Å². The molecule has 3 amide bonds. The van der Waals surface area contributed by atoms with Gasteiger partial charge in [0.1, 0.15) is 23.2 Å². The van der Waals surface area contributed by atoms with Gasteiger partial charge in [0.2, 0.25) is 5.91 Å². The number of nitrogens with one attached hydrogen (secondary N) is 2. The number of nitriles is 1. The Morgan fingerprint density at radius 1 is 1.02 bits per heavy atom. The number of urea groups is 1. The highest BCUT2D eigenvalue weighted by molar-refractivity contribution is 7.98. The van der Waals surface area contributed by atoms with Gasteiger partial charge in [0, 0.05) is 88.3 Å². The van der Waals surface area contributed by atoms with Crippen molar-refractivity contribution < 1.29 is 27.8 Å². The first-order valence-electron chi connectivity index (χ1n) is 21.0. The van der Waals surface area contributed by atoms with Crippen LogP contribution in [0.4, 0.5) is 25.1 Å². The van der Waals surface area contributed by atoms with Crippen LogP contribution in [0, 0.1) is 23.0 Å². The quantitative estimate of drug-likeness (QED) is 0.138. The highest BCUT2D eigenvalue weighted by Crippen LogP contribution is 2.42. The Kier molecular flexibility index (Phi) is 12.7. The van der Waals surface area contributed by atoms with Crippen LogP contribution in [0.25, 0.3) is 21.9 Å². The molecule has 4 aliphatic rings. The Balaban J connectivity index is 0.000000177. The molecule has 2 aromatic heterocycles. The molecule has 61 heavy (non-hydrogen) atoms. The summed E-state index contributed by atoms with van der Waals surface area (Å²) in [5.41, 5.74) is 3.62. The summed E-state index contributed by atoms with van der Waals surface area (Å²) >= 11 is 1.32. The number of ether oxygens (including phenoxy) is 2. The SMILES string of the molecule is CCN(C)SNc1ccc(F)c(Oc2ccc3nccnc3c2)c1C#N.Cn1nc(N2CCC(=O)NC2=O)c2cc(F)c(C3CCC(N4CCC5(CCCO5)CC4)CC3)cc21. The summed E-state index contributed by atoms with van der Waals surface area (Å²) in [5, 5.41) is 16.9. The summed E-state index contributed by atoms with van der Waals surface area (Å²) < 4.78 is 48.2. The molecule has 9 rings (SSSR count). The summed E-state index contributed by atoms with van der Waals surface area (Å²) in [6.07, 6.45) is 12.2. The Bertz CT molecular complexity index is 2450. The van der Waals surface area contributed by atoms with E-state index in [1.165, 1.54) is 48.1 Å². The number of benzene rings is 3. The maximum atomic E-state index is 15.4. The van der Waals surface area contributed by atoms with Crippen LogP contribution >= 0.6 is 12.1 Å². The first kappa shape index (κ1) is 42.3. The number of carbonyl (C=O) groups is 2. The van der Waals surface area contributed by atoms with Gasteiger partial charge >= 0.3 is 6.03 Å². The van der Waals surface area contributed by atoms with E-state index < -0.39 is 11.8 Å². The van der Waals surface area contributed by atoms with Crippen LogP contribution in [0.5, 0.6) is 11.5 Å². The lowest BCUT2D eigenvalue weighted by molar-refractivity contribution is -0.120. The number of carbonyl (C=O) groups excluding carboxylic acids is 2. The molecule has 0 radical (unpaired) electrons. The highest BCUT2D eigenvalue weighted by atomic mass is 32.2. The number of nitrogens with zero attached hydrogens (tertiary/aromatic N) is 8. The van der Waals surface area contributed by atoms with Crippen molar-refractivity contribution in [1.82, 2.24) is 34.3 Å². The maximum absolute atomic E-state index is 15.4. The number of halogens is 2. The number of piperidine rings is 1. The third-order valence-corrected chi connectivity index (χ3v) is 13.3. The van der Waals surface area contributed by atoms with Gasteiger partial charge in [-0.25, -0.2) is 17.9 Å². The third kappa shape index (κ3) is 9.13. The van der Waals surface area contributed by atoms with E-state index in [2.05, 4.69) is 30.0 Å².